The number of ether oxygens (including phenoxy) is 1. The molecule has 106 valence electrons. The average molecular weight is 333 g/mol. The second kappa shape index (κ2) is 6.94. The SMILES string of the molecule is CCC(C)c1ccc(Oc2ccc(CBr)c(C)c2)cc1. The maximum Gasteiger partial charge on any atom is 0.127 e. The quantitative estimate of drug-likeness (QED) is 0.592. The predicted molar refractivity (Wildman–Crippen MR) is 89.0 cm³/mol. The Kier molecular flexibility index (Phi) is 5.24. The maximum atomic E-state index is 5.91. The zero-order valence-corrected chi connectivity index (χ0v) is 13.9. The Balaban J connectivity index is 2.12. The van der Waals surface area contributed by atoms with E-state index in [9.17, 15) is 0 Å². The van der Waals surface area contributed by atoms with Crippen molar-refractivity contribution in [1.82, 2.24) is 0 Å². The zero-order valence-electron chi connectivity index (χ0n) is 12.3. The first-order valence-corrected chi connectivity index (χ1v) is 8.19. The normalized spacial score (nSPS) is 12.2. The summed E-state index contributed by atoms with van der Waals surface area (Å²) in [4.78, 5) is 0. The molecule has 0 aliphatic carbocycles. The number of alkyl halides is 1. The number of hydrogen-bond donors (Lipinski definition) is 0. The van der Waals surface area contributed by atoms with E-state index < -0.39 is 0 Å². The number of halogens is 1. The highest BCUT2D eigenvalue weighted by Crippen LogP contribution is 2.27. The Morgan fingerprint density at radius 2 is 1.70 bits per heavy atom. The van der Waals surface area contributed by atoms with Gasteiger partial charge in [-0.2, -0.15) is 0 Å². The van der Waals surface area contributed by atoms with E-state index >= 15 is 0 Å². The lowest BCUT2D eigenvalue weighted by Crippen LogP contribution is -1.92. The fourth-order valence-electron chi connectivity index (χ4n) is 2.12. The van der Waals surface area contributed by atoms with E-state index in [1.54, 1.807) is 0 Å². The van der Waals surface area contributed by atoms with E-state index in [1.807, 2.05) is 6.07 Å². The van der Waals surface area contributed by atoms with Gasteiger partial charge < -0.3 is 4.74 Å². The molecule has 1 atom stereocenters. The van der Waals surface area contributed by atoms with Crippen molar-refractivity contribution in [1.29, 1.82) is 0 Å². The van der Waals surface area contributed by atoms with Gasteiger partial charge in [0.15, 0.2) is 0 Å². The van der Waals surface area contributed by atoms with Gasteiger partial charge >= 0.3 is 0 Å². The molecular weight excluding hydrogens is 312 g/mol. The van der Waals surface area contributed by atoms with Gasteiger partial charge in [-0.3, -0.25) is 0 Å². The number of rotatable bonds is 5. The van der Waals surface area contributed by atoms with Gasteiger partial charge in [-0.1, -0.05) is 48.0 Å². The number of aryl methyl sites for hydroxylation is 1. The van der Waals surface area contributed by atoms with Crippen molar-refractivity contribution in [2.24, 2.45) is 0 Å². The molecule has 20 heavy (non-hydrogen) atoms. The molecule has 2 heteroatoms. The second-order valence-corrected chi connectivity index (χ2v) is 5.76. The van der Waals surface area contributed by atoms with Gasteiger partial charge in [0.1, 0.15) is 11.5 Å². The Bertz CT molecular complexity index is 560. The van der Waals surface area contributed by atoms with Crippen LogP contribution in [-0.2, 0) is 5.33 Å². The summed E-state index contributed by atoms with van der Waals surface area (Å²) in [6.07, 6.45) is 1.16. The molecule has 2 aromatic carbocycles. The number of benzene rings is 2. The molecule has 2 aromatic rings. The predicted octanol–water partition coefficient (Wildman–Crippen LogP) is 6.20. The van der Waals surface area contributed by atoms with Gasteiger partial charge in [-0.25, -0.2) is 0 Å². The zero-order chi connectivity index (χ0) is 14.5. The fourth-order valence-corrected chi connectivity index (χ4v) is 2.75. The molecule has 0 fully saturated rings. The molecule has 0 aromatic heterocycles. The van der Waals surface area contributed by atoms with Gasteiger partial charge in [-0.15, -0.1) is 0 Å². The van der Waals surface area contributed by atoms with Crippen LogP contribution in [0.5, 0.6) is 11.5 Å². The topological polar surface area (TPSA) is 9.23 Å². The largest absolute Gasteiger partial charge is 0.457 e. The third kappa shape index (κ3) is 3.63. The highest BCUT2D eigenvalue weighted by molar-refractivity contribution is 9.08. The molecule has 0 radical (unpaired) electrons. The van der Waals surface area contributed by atoms with Gasteiger partial charge in [0, 0.05) is 5.33 Å². The smallest absolute Gasteiger partial charge is 0.127 e. The highest BCUT2D eigenvalue weighted by atomic mass is 79.9. The first kappa shape index (κ1) is 15.1. The van der Waals surface area contributed by atoms with Crippen LogP contribution in [0.3, 0.4) is 0 Å². The second-order valence-electron chi connectivity index (χ2n) is 5.20. The summed E-state index contributed by atoms with van der Waals surface area (Å²) in [6, 6.07) is 14.6. The Morgan fingerprint density at radius 1 is 1.05 bits per heavy atom. The Hall–Kier alpha value is -1.28. The van der Waals surface area contributed by atoms with Crippen LogP contribution in [0.15, 0.2) is 42.5 Å². The summed E-state index contributed by atoms with van der Waals surface area (Å²) in [5.41, 5.74) is 3.91. The molecule has 0 saturated heterocycles. The van der Waals surface area contributed by atoms with E-state index in [4.69, 9.17) is 4.74 Å². The van der Waals surface area contributed by atoms with Crippen molar-refractivity contribution in [3.63, 3.8) is 0 Å². The standard InChI is InChI=1S/C18H21BrO/c1-4-13(2)15-5-8-17(9-6-15)20-18-10-7-16(12-19)14(3)11-18/h5-11,13H,4,12H2,1-3H3. The molecule has 0 amide bonds. The molecule has 0 bridgehead atoms. The van der Waals surface area contributed by atoms with Crippen LogP contribution in [0.4, 0.5) is 0 Å². The third-order valence-electron chi connectivity index (χ3n) is 3.76. The molecule has 0 aliphatic heterocycles. The van der Waals surface area contributed by atoms with E-state index in [-0.39, 0.29) is 0 Å². The summed E-state index contributed by atoms with van der Waals surface area (Å²) < 4.78 is 5.91. The summed E-state index contributed by atoms with van der Waals surface area (Å²) in [6.45, 7) is 6.57. The molecule has 0 spiro atoms. The monoisotopic (exact) mass is 332 g/mol. The van der Waals surface area contributed by atoms with Gasteiger partial charge in [-0.05, 0) is 60.2 Å². The lowest BCUT2D eigenvalue weighted by Gasteiger charge is -2.11. The van der Waals surface area contributed by atoms with E-state index in [1.165, 1.54) is 16.7 Å². The van der Waals surface area contributed by atoms with E-state index in [0.717, 1.165) is 23.2 Å². The van der Waals surface area contributed by atoms with Crippen molar-refractivity contribution in [2.75, 3.05) is 0 Å². The minimum atomic E-state index is 0.601. The molecule has 1 unspecified atom stereocenters. The summed E-state index contributed by atoms with van der Waals surface area (Å²) in [5.74, 6) is 2.39. The van der Waals surface area contributed by atoms with Crippen LogP contribution in [0.25, 0.3) is 0 Å². The molecule has 1 nitrogen and oxygen atoms in total. The summed E-state index contributed by atoms with van der Waals surface area (Å²) in [7, 11) is 0. The fraction of sp³-hybridized carbons (Fsp3) is 0.333. The first-order chi connectivity index (χ1) is 9.63. The van der Waals surface area contributed by atoms with Crippen LogP contribution >= 0.6 is 15.9 Å². The first-order valence-electron chi connectivity index (χ1n) is 7.07. The van der Waals surface area contributed by atoms with Gasteiger partial charge in [0.25, 0.3) is 0 Å². The maximum absolute atomic E-state index is 5.91. The van der Waals surface area contributed by atoms with E-state index in [0.29, 0.717) is 5.92 Å². The lowest BCUT2D eigenvalue weighted by molar-refractivity contribution is 0.481. The lowest BCUT2D eigenvalue weighted by atomic mass is 9.99. The van der Waals surface area contributed by atoms with E-state index in [2.05, 4.69) is 73.1 Å². The number of hydrogen-bond acceptors (Lipinski definition) is 1. The minimum absolute atomic E-state index is 0.601. The molecule has 0 saturated carbocycles. The minimum Gasteiger partial charge on any atom is -0.457 e. The highest BCUT2D eigenvalue weighted by Gasteiger charge is 2.04. The van der Waals surface area contributed by atoms with Crippen molar-refractivity contribution >= 4 is 15.9 Å². The van der Waals surface area contributed by atoms with Crippen LogP contribution in [0.2, 0.25) is 0 Å². The summed E-state index contributed by atoms with van der Waals surface area (Å²) in [5, 5.41) is 0.878. The molecule has 0 aliphatic rings. The third-order valence-corrected chi connectivity index (χ3v) is 4.36. The van der Waals surface area contributed by atoms with Crippen LogP contribution in [-0.4, -0.2) is 0 Å². The van der Waals surface area contributed by atoms with Gasteiger partial charge in [0.05, 0.1) is 0 Å². The molecular formula is C18H21BrO. The van der Waals surface area contributed by atoms with Crippen LogP contribution < -0.4 is 4.74 Å². The Morgan fingerprint density at radius 3 is 2.25 bits per heavy atom. The molecule has 0 heterocycles. The van der Waals surface area contributed by atoms with Gasteiger partial charge in [0.2, 0.25) is 0 Å². The van der Waals surface area contributed by atoms with Crippen molar-refractivity contribution in [3.8, 4) is 11.5 Å². The molecule has 0 N–H and O–H groups in total. The Labute approximate surface area is 130 Å². The average Bonchev–Trinajstić information content (AvgIpc) is 2.47. The van der Waals surface area contributed by atoms with Crippen molar-refractivity contribution in [3.05, 3.63) is 59.2 Å². The summed E-state index contributed by atoms with van der Waals surface area (Å²) >= 11 is 3.49. The molecule has 2 rings (SSSR count). The van der Waals surface area contributed by atoms with Crippen LogP contribution in [0, 0.1) is 6.92 Å². The van der Waals surface area contributed by atoms with Crippen LogP contribution in [0.1, 0.15) is 42.9 Å². The van der Waals surface area contributed by atoms with Crippen molar-refractivity contribution < 1.29 is 4.74 Å². The van der Waals surface area contributed by atoms with Crippen molar-refractivity contribution in [2.45, 2.75) is 38.4 Å².